The van der Waals surface area contributed by atoms with Crippen LogP contribution in [0.15, 0.2) is 29.4 Å². The Morgan fingerprint density at radius 3 is 2.55 bits per heavy atom. The van der Waals surface area contributed by atoms with Gasteiger partial charge >= 0.3 is 0 Å². The third-order valence-electron chi connectivity index (χ3n) is 3.65. The van der Waals surface area contributed by atoms with Crippen molar-refractivity contribution in [2.24, 2.45) is 16.8 Å². The standard InChI is InChI=1S/C15H22N2O3/c16-15(17-18)13-4-6-14(7-5-13)20-11-10-19-9-8-12-2-1-3-12/h4-7,12,18H,1-3,8-11H2,(H2,16,17). The van der Waals surface area contributed by atoms with Gasteiger partial charge in [0.25, 0.3) is 0 Å². The Morgan fingerprint density at radius 2 is 1.95 bits per heavy atom. The van der Waals surface area contributed by atoms with E-state index in [9.17, 15) is 0 Å². The average Bonchev–Trinajstić information content (AvgIpc) is 2.44. The topological polar surface area (TPSA) is 77.1 Å². The van der Waals surface area contributed by atoms with Gasteiger partial charge in [0.2, 0.25) is 0 Å². The van der Waals surface area contributed by atoms with Gasteiger partial charge in [0.15, 0.2) is 5.84 Å². The molecule has 0 bridgehead atoms. The highest BCUT2D eigenvalue weighted by Crippen LogP contribution is 2.29. The summed E-state index contributed by atoms with van der Waals surface area (Å²) in [7, 11) is 0. The van der Waals surface area contributed by atoms with E-state index in [1.54, 1.807) is 24.3 Å². The molecule has 1 aromatic carbocycles. The van der Waals surface area contributed by atoms with Crippen LogP contribution in [-0.4, -0.2) is 30.9 Å². The molecule has 0 saturated heterocycles. The molecule has 0 atom stereocenters. The average molecular weight is 278 g/mol. The van der Waals surface area contributed by atoms with Gasteiger partial charge in [0.05, 0.1) is 6.61 Å². The van der Waals surface area contributed by atoms with Crippen molar-refractivity contribution in [1.82, 2.24) is 0 Å². The maximum absolute atomic E-state index is 8.56. The second-order valence-electron chi connectivity index (χ2n) is 5.06. The Hall–Kier alpha value is -1.75. The zero-order valence-corrected chi connectivity index (χ0v) is 11.6. The SMILES string of the molecule is N/C(=N/O)c1ccc(OCCOCCC2CCC2)cc1. The number of hydrogen-bond acceptors (Lipinski definition) is 4. The first-order valence-corrected chi connectivity index (χ1v) is 7.08. The summed E-state index contributed by atoms with van der Waals surface area (Å²) in [4.78, 5) is 0. The lowest BCUT2D eigenvalue weighted by Gasteiger charge is -2.24. The molecule has 0 unspecified atom stereocenters. The summed E-state index contributed by atoms with van der Waals surface area (Å²) >= 11 is 0. The normalized spacial score (nSPS) is 15.9. The van der Waals surface area contributed by atoms with Gasteiger partial charge in [-0.2, -0.15) is 0 Å². The first-order chi connectivity index (χ1) is 9.79. The van der Waals surface area contributed by atoms with E-state index in [4.69, 9.17) is 20.4 Å². The number of nitrogens with two attached hydrogens (primary N) is 1. The second kappa shape index (κ2) is 7.75. The summed E-state index contributed by atoms with van der Waals surface area (Å²) in [6, 6.07) is 7.09. The van der Waals surface area contributed by atoms with Gasteiger partial charge in [0.1, 0.15) is 12.4 Å². The van der Waals surface area contributed by atoms with E-state index in [-0.39, 0.29) is 5.84 Å². The molecule has 110 valence electrons. The summed E-state index contributed by atoms with van der Waals surface area (Å²) in [6.07, 6.45) is 5.29. The summed E-state index contributed by atoms with van der Waals surface area (Å²) in [5.41, 5.74) is 6.14. The Kier molecular flexibility index (Phi) is 5.68. The minimum Gasteiger partial charge on any atom is -0.491 e. The predicted octanol–water partition coefficient (Wildman–Crippen LogP) is 2.37. The van der Waals surface area contributed by atoms with Crippen molar-refractivity contribution >= 4 is 5.84 Å². The van der Waals surface area contributed by atoms with Crippen LogP contribution in [0.4, 0.5) is 0 Å². The molecule has 0 amide bonds. The first kappa shape index (κ1) is 14.7. The molecule has 1 aromatic rings. The lowest BCUT2D eigenvalue weighted by Crippen LogP contribution is -2.15. The van der Waals surface area contributed by atoms with Crippen LogP contribution in [0.2, 0.25) is 0 Å². The van der Waals surface area contributed by atoms with Crippen molar-refractivity contribution in [2.45, 2.75) is 25.7 Å². The highest BCUT2D eigenvalue weighted by Gasteiger charge is 2.16. The molecule has 1 aliphatic carbocycles. The van der Waals surface area contributed by atoms with E-state index in [1.807, 2.05) is 0 Å². The van der Waals surface area contributed by atoms with Gasteiger partial charge in [-0.05, 0) is 36.6 Å². The highest BCUT2D eigenvalue weighted by atomic mass is 16.5. The lowest BCUT2D eigenvalue weighted by atomic mass is 9.83. The summed E-state index contributed by atoms with van der Waals surface area (Å²) < 4.78 is 11.1. The van der Waals surface area contributed by atoms with Crippen LogP contribution in [0.1, 0.15) is 31.2 Å². The second-order valence-corrected chi connectivity index (χ2v) is 5.06. The number of amidine groups is 1. The van der Waals surface area contributed by atoms with Crippen LogP contribution in [-0.2, 0) is 4.74 Å². The van der Waals surface area contributed by atoms with Crippen molar-refractivity contribution in [1.29, 1.82) is 0 Å². The number of nitrogens with zero attached hydrogens (tertiary/aromatic N) is 1. The molecule has 1 aliphatic rings. The van der Waals surface area contributed by atoms with E-state index >= 15 is 0 Å². The van der Waals surface area contributed by atoms with E-state index in [1.165, 1.54) is 25.7 Å². The van der Waals surface area contributed by atoms with Crippen molar-refractivity contribution in [3.63, 3.8) is 0 Å². The molecule has 0 aromatic heterocycles. The number of oxime groups is 1. The molecule has 5 nitrogen and oxygen atoms in total. The van der Waals surface area contributed by atoms with Crippen molar-refractivity contribution in [3.8, 4) is 5.75 Å². The number of benzene rings is 1. The molecule has 5 heteroatoms. The highest BCUT2D eigenvalue weighted by molar-refractivity contribution is 5.97. The number of ether oxygens (including phenoxy) is 2. The Bertz CT molecular complexity index is 427. The minimum absolute atomic E-state index is 0.0934. The molecule has 1 fully saturated rings. The fourth-order valence-electron chi connectivity index (χ4n) is 2.13. The molecule has 0 radical (unpaired) electrons. The maximum atomic E-state index is 8.56. The Labute approximate surface area is 119 Å². The van der Waals surface area contributed by atoms with E-state index < -0.39 is 0 Å². The van der Waals surface area contributed by atoms with E-state index in [0.717, 1.165) is 18.3 Å². The molecule has 3 N–H and O–H groups in total. The third-order valence-corrected chi connectivity index (χ3v) is 3.65. The zero-order chi connectivity index (χ0) is 14.2. The van der Waals surface area contributed by atoms with Crippen molar-refractivity contribution in [2.75, 3.05) is 19.8 Å². The van der Waals surface area contributed by atoms with Gasteiger partial charge < -0.3 is 20.4 Å². The van der Waals surface area contributed by atoms with Crippen LogP contribution in [0.3, 0.4) is 0 Å². The van der Waals surface area contributed by atoms with Gasteiger partial charge in [-0.3, -0.25) is 0 Å². The molecule has 1 saturated carbocycles. The van der Waals surface area contributed by atoms with E-state index in [2.05, 4.69) is 5.16 Å². The molecular formula is C15H22N2O3. The molecule has 0 aliphatic heterocycles. The summed E-state index contributed by atoms with van der Waals surface area (Å²) in [5, 5.41) is 11.5. The lowest BCUT2D eigenvalue weighted by molar-refractivity contribution is 0.0812. The fourth-order valence-corrected chi connectivity index (χ4v) is 2.13. The van der Waals surface area contributed by atoms with Crippen LogP contribution >= 0.6 is 0 Å². The van der Waals surface area contributed by atoms with Crippen LogP contribution in [0.5, 0.6) is 5.75 Å². The third kappa shape index (κ3) is 4.42. The van der Waals surface area contributed by atoms with Gasteiger partial charge in [-0.1, -0.05) is 24.4 Å². The smallest absolute Gasteiger partial charge is 0.170 e. The molecular weight excluding hydrogens is 256 g/mol. The van der Waals surface area contributed by atoms with Gasteiger partial charge in [-0.15, -0.1) is 0 Å². The summed E-state index contributed by atoms with van der Waals surface area (Å²) in [6.45, 7) is 1.97. The number of rotatable bonds is 8. The quantitative estimate of drug-likeness (QED) is 0.252. The Balaban J connectivity index is 1.59. The maximum Gasteiger partial charge on any atom is 0.170 e. The molecule has 2 rings (SSSR count). The van der Waals surface area contributed by atoms with E-state index in [0.29, 0.717) is 18.8 Å². The fraction of sp³-hybridized carbons (Fsp3) is 0.533. The van der Waals surface area contributed by atoms with Gasteiger partial charge in [0, 0.05) is 12.2 Å². The monoisotopic (exact) mass is 278 g/mol. The largest absolute Gasteiger partial charge is 0.491 e. The number of hydrogen-bond donors (Lipinski definition) is 2. The first-order valence-electron chi connectivity index (χ1n) is 7.08. The molecule has 20 heavy (non-hydrogen) atoms. The van der Waals surface area contributed by atoms with Crippen LogP contribution in [0, 0.1) is 5.92 Å². The predicted molar refractivity (Wildman–Crippen MR) is 77.2 cm³/mol. The van der Waals surface area contributed by atoms with Crippen molar-refractivity contribution < 1.29 is 14.7 Å². The minimum atomic E-state index is 0.0934. The molecule has 0 spiro atoms. The zero-order valence-electron chi connectivity index (χ0n) is 11.6. The van der Waals surface area contributed by atoms with Crippen LogP contribution in [0.25, 0.3) is 0 Å². The van der Waals surface area contributed by atoms with Crippen molar-refractivity contribution in [3.05, 3.63) is 29.8 Å². The van der Waals surface area contributed by atoms with Crippen LogP contribution < -0.4 is 10.5 Å². The summed E-state index contributed by atoms with van der Waals surface area (Å²) in [5.74, 6) is 1.74. The van der Waals surface area contributed by atoms with Gasteiger partial charge in [-0.25, -0.2) is 0 Å². The molecule has 0 heterocycles. The Morgan fingerprint density at radius 1 is 1.20 bits per heavy atom.